The van der Waals surface area contributed by atoms with Gasteiger partial charge in [-0.1, -0.05) is 42.3 Å². The van der Waals surface area contributed by atoms with E-state index in [1.165, 1.54) is 23.4 Å². The molecule has 1 aliphatic carbocycles. The molecule has 1 N–H and O–H groups in total. The lowest BCUT2D eigenvalue weighted by atomic mass is 10.1. The Bertz CT molecular complexity index is 1330. The molecule has 3 aromatic rings. The van der Waals surface area contributed by atoms with Crippen molar-refractivity contribution >= 4 is 46.0 Å². The summed E-state index contributed by atoms with van der Waals surface area (Å²) in [4.78, 5) is 47.2. The van der Waals surface area contributed by atoms with Gasteiger partial charge in [-0.25, -0.2) is 14.8 Å². The van der Waals surface area contributed by atoms with E-state index in [4.69, 9.17) is 11.6 Å². The molecule has 1 aliphatic rings. The van der Waals surface area contributed by atoms with Gasteiger partial charge < -0.3 is 5.32 Å². The van der Waals surface area contributed by atoms with Crippen molar-refractivity contribution in [3.63, 3.8) is 0 Å². The first-order valence-corrected chi connectivity index (χ1v) is 11.8. The highest BCUT2D eigenvalue weighted by Gasteiger charge is 2.24. The second kappa shape index (κ2) is 9.07. The third-order valence-electron chi connectivity index (χ3n) is 5.80. The Hall–Kier alpha value is -2.65. The summed E-state index contributed by atoms with van der Waals surface area (Å²) in [5.74, 6) is 0.631. The van der Waals surface area contributed by atoms with E-state index in [1.54, 1.807) is 19.2 Å². The number of halogens is 1. The Morgan fingerprint density at radius 3 is 2.59 bits per heavy atom. The number of nitrogens with one attached hydrogen (secondary N) is 1. The quantitative estimate of drug-likeness (QED) is 0.450. The molecule has 0 radical (unpaired) electrons. The standard InChI is InChI=1S/C22H24ClN5O3S/c1-12-8-9-14(10-15(12)23)24-16(29)11-32-20-17-19(27(2)22(31)28(3)21(17)30)25-18(26-20)13-6-4-5-7-13/h8-10,13H,4-7,11H2,1-3H3,(H,24,29). The zero-order chi connectivity index (χ0) is 23.0. The van der Waals surface area contributed by atoms with E-state index in [9.17, 15) is 14.4 Å². The minimum absolute atomic E-state index is 0.0493. The SMILES string of the molecule is Cc1ccc(NC(=O)CSc2nc(C3CCCC3)nc3c2c(=O)n(C)c(=O)n3C)cc1Cl. The average molecular weight is 474 g/mol. The van der Waals surface area contributed by atoms with E-state index in [0.29, 0.717) is 27.2 Å². The molecule has 1 amide bonds. The van der Waals surface area contributed by atoms with Crippen molar-refractivity contribution in [2.45, 2.75) is 43.6 Å². The van der Waals surface area contributed by atoms with E-state index < -0.39 is 11.2 Å². The van der Waals surface area contributed by atoms with Crippen LogP contribution in [0.15, 0.2) is 32.8 Å². The molecule has 32 heavy (non-hydrogen) atoms. The van der Waals surface area contributed by atoms with Crippen molar-refractivity contribution in [1.29, 1.82) is 0 Å². The number of anilines is 1. The molecule has 1 fully saturated rings. The minimum Gasteiger partial charge on any atom is -0.325 e. The summed E-state index contributed by atoms with van der Waals surface area (Å²) in [6.07, 6.45) is 4.16. The van der Waals surface area contributed by atoms with Gasteiger partial charge in [-0.15, -0.1) is 0 Å². The van der Waals surface area contributed by atoms with E-state index in [1.807, 2.05) is 13.0 Å². The number of hydrogen-bond acceptors (Lipinski definition) is 6. The number of rotatable bonds is 5. The molecule has 2 aromatic heterocycles. The fraction of sp³-hybridized carbons (Fsp3) is 0.409. The zero-order valence-electron chi connectivity index (χ0n) is 18.1. The molecule has 168 valence electrons. The topological polar surface area (TPSA) is 98.9 Å². The van der Waals surface area contributed by atoms with Crippen molar-refractivity contribution < 1.29 is 4.79 Å². The Labute approximate surface area is 194 Å². The summed E-state index contributed by atoms with van der Waals surface area (Å²) in [7, 11) is 3.02. The van der Waals surface area contributed by atoms with Crippen molar-refractivity contribution in [3.8, 4) is 0 Å². The summed E-state index contributed by atoms with van der Waals surface area (Å²) in [6.45, 7) is 1.89. The molecular formula is C22H24ClN5O3S. The van der Waals surface area contributed by atoms with Crippen molar-refractivity contribution in [2.24, 2.45) is 14.1 Å². The van der Waals surface area contributed by atoms with E-state index >= 15 is 0 Å². The smallest absolute Gasteiger partial charge is 0.325 e. The van der Waals surface area contributed by atoms with Crippen molar-refractivity contribution in [3.05, 3.63) is 55.4 Å². The second-order valence-electron chi connectivity index (χ2n) is 8.07. The largest absolute Gasteiger partial charge is 0.332 e. The highest BCUT2D eigenvalue weighted by atomic mass is 35.5. The van der Waals surface area contributed by atoms with Gasteiger partial charge >= 0.3 is 5.69 Å². The van der Waals surface area contributed by atoms with Crippen LogP contribution in [0.25, 0.3) is 11.0 Å². The summed E-state index contributed by atoms with van der Waals surface area (Å²) in [6, 6.07) is 5.32. The van der Waals surface area contributed by atoms with E-state index in [-0.39, 0.29) is 23.0 Å². The maximum absolute atomic E-state index is 12.9. The number of nitrogens with zero attached hydrogens (tertiary/aromatic N) is 4. The first-order chi connectivity index (χ1) is 15.3. The van der Waals surface area contributed by atoms with Gasteiger partial charge in [0.15, 0.2) is 5.65 Å². The first kappa shape index (κ1) is 22.5. The highest BCUT2D eigenvalue weighted by Crippen LogP contribution is 2.34. The van der Waals surface area contributed by atoms with E-state index in [0.717, 1.165) is 35.8 Å². The molecule has 0 aliphatic heterocycles. The number of thioether (sulfide) groups is 1. The minimum atomic E-state index is -0.464. The summed E-state index contributed by atoms with van der Waals surface area (Å²) >= 11 is 7.31. The van der Waals surface area contributed by atoms with Crippen LogP contribution >= 0.6 is 23.4 Å². The van der Waals surface area contributed by atoms with Gasteiger partial charge in [-0.05, 0) is 37.5 Å². The third-order valence-corrected chi connectivity index (χ3v) is 7.18. The molecular weight excluding hydrogens is 450 g/mol. The summed E-state index contributed by atoms with van der Waals surface area (Å²) in [5.41, 5.74) is 0.928. The summed E-state index contributed by atoms with van der Waals surface area (Å²) < 4.78 is 2.41. The Kier molecular flexibility index (Phi) is 6.39. The van der Waals surface area contributed by atoms with Crippen LogP contribution in [0.5, 0.6) is 0 Å². The van der Waals surface area contributed by atoms with Gasteiger partial charge in [0.2, 0.25) is 5.91 Å². The number of benzene rings is 1. The predicted molar refractivity (Wildman–Crippen MR) is 127 cm³/mol. The molecule has 0 unspecified atom stereocenters. The molecule has 10 heteroatoms. The number of carbonyl (C=O) groups excluding carboxylic acids is 1. The Morgan fingerprint density at radius 1 is 1.19 bits per heavy atom. The second-order valence-corrected chi connectivity index (χ2v) is 9.44. The first-order valence-electron chi connectivity index (χ1n) is 10.4. The number of aromatic nitrogens is 4. The zero-order valence-corrected chi connectivity index (χ0v) is 19.7. The van der Waals surface area contributed by atoms with Gasteiger partial charge in [0, 0.05) is 30.7 Å². The van der Waals surface area contributed by atoms with Crippen LogP contribution < -0.4 is 16.6 Å². The van der Waals surface area contributed by atoms with Crippen LogP contribution in [0.1, 0.15) is 43.0 Å². The van der Waals surface area contributed by atoms with Crippen LogP contribution in [0.4, 0.5) is 5.69 Å². The normalized spacial score (nSPS) is 14.2. The molecule has 1 saturated carbocycles. The lowest BCUT2D eigenvalue weighted by Crippen LogP contribution is -2.38. The number of amides is 1. The number of hydrogen-bond donors (Lipinski definition) is 1. The lowest BCUT2D eigenvalue weighted by Gasteiger charge is -2.14. The molecule has 0 atom stereocenters. The van der Waals surface area contributed by atoms with Gasteiger partial charge in [0.1, 0.15) is 16.2 Å². The van der Waals surface area contributed by atoms with Crippen LogP contribution in [-0.4, -0.2) is 30.8 Å². The Morgan fingerprint density at radius 2 is 1.91 bits per heavy atom. The molecule has 0 bridgehead atoms. The maximum Gasteiger partial charge on any atom is 0.332 e. The molecule has 4 rings (SSSR count). The van der Waals surface area contributed by atoms with Gasteiger partial charge in [-0.2, -0.15) is 0 Å². The van der Waals surface area contributed by atoms with Crippen LogP contribution in [0, 0.1) is 6.92 Å². The number of carbonyl (C=O) groups is 1. The molecule has 0 saturated heterocycles. The maximum atomic E-state index is 12.9. The van der Waals surface area contributed by atoms with E-state index in [2.05, 4.69) is 15.3 Å². The summed E-state index contributed by atoms with van der Waals surface area (Å²) in [5, 5.41) is 4.07. The van der Waals surface area contributed by atoms with Crippen LogP contribution in [0.3, 0.4) is 0 Å². The van der Waals surface area contributed by atoms with Gasteiger partial charge in [0.25, 0.3) is 5.56 Å². The lowest BCUT2D eigenvalue weighted by molar-refractivity contribution is -0.113. The van der Waals surface area contributed by atoms with Gasteiger partial charge in [-0.3, -0.25) is 18.7 Å². The average Bonchev–Trinajstić information content (AvgIpc) is 3.31. The van der Waals surface area contributed by atoms with Crippen LogP contribution in [-0.2, 0) is 18.9 Å². The monoisotopic (exact) mass is 473 g/mol. The van der Waals surface area contributed by atoms with Crippen molar-refractivity contribution in [2.75, 3.05) is 11.1 Å². The fourth-order valence-electron chi connectivity index (χ4n) is 3.92. The Balaban J connectivity index is 1.68. The number of fused-ring (bicyclic) bond motifs is 1. The molecule has 2 heterocycles. The predicted octanol–water partition coefficient (Wildman–Crippen LogP) is 3.38. The van der Waals surface area contributed by atoms with Crippen molar-refractivity contribution in [1.82, 2.24) is 19.1 Å². The number of aryl methyl sites for hydroxylation is 2. The molecule has 1 aromatic carbocycles. The molecule has 0 spiro atoms. The highest BCUT2D eigenvalue weighted by molar-refractivity contribution is 8.00. The van der Waals surface area contributed by atoms with Gasteiger partial charge in [0.05, 0.1) is 5.75 Å². The fourth-order valence-corrected chi connectivity index (χ4v) is 4.92. The van der Waals surface area contributed by atoms with Crippen LogP contribution in [0.2, 0.25) is 5.02 Å². The third kappa shape index (κ3) is 4.31. The molecule has 8 nitrogen and oxygen atoms in total.